The molecule has 0 aliphatic rings. The van der Waals surface area contributed by atoms with Gasteiger partial charge in [0.15, 0.2) is 5.82 Å². The number of aryl methyl sites for hydroxylation is 1. The molecule has 1 aromatic carbocycles. The molecule has 18 heavy (non-hydrogen) atoms. The third kappa shape index (κ3) is 1.52. The number of halogens is 1. The van der Waals surface area contributed by atoms with Crippen molar-refractivity contribution in [2.75, 3.05) is 0 Å². The largest absolute Gasteiger partial charge is 0.506 e. The minimum Gasteiger partial charge on any atom is -0.506 e. The quantitative estimate of drug-likeness (QED) is 0.714. The van der Waals surface area contributed by atoms with Crippen LogP contribution >= 0.6 is 0 Å². The summed E-state index contributed by atoms with van der Waals surface area (Å²) >= 11 is 0. The summed E-state index contributed by atoms with van der Waals surface area (Å²) in [7, 11) is 1.80. The SMILES string of the molecule is Cn1c(-c2cncc(O)c2)nc2c(F)cccc21. The maximum absolute atomic E-state index is 13.6. The van der Waals surface area contributed by atoms with Crippen molar-refractivity contribution < 1.29 is 9.50 Å². The third-order valence-electron chi connectivity index (χ3n) is 2.84. The van der Waals surface area contributed by atoms with E-state index < -0.39 is 0 Å². The number of rotatable bonds is 1. The number of imidazole rings is 1. The zero-order chi connectivity index (χ0) is 12.7. The smallest absolute Gasteiger partial charge is 0.151 e. The normalized spacial score (nSPS) is 11.0. The Morgan fingerprint density at radius 3 is 2.83 bits per heavy atom. The molecule has 0 spiro atoms. The molecule has 0 amide bonds. The van der Waals surface area contributed by atoms with Crippen molar-refractivity contribution in [2.45, 2.75) is 0 Å². The Morgan fingerprint density at radius 2 is 2.11 bits per heavy atom. The summed E-state index contributed by atoms with van der Waals surface area (Å²) in [6.07, 6.45) is 2.92. The van der Waals surface area contributed by atoms with Crippen LogP contribution in [0.4, 0.5) is 4.39 Å². The van der Waals surface area contributed by atoms with Gasteiger partial charge in [-0.1, -0.05) is 6.07 Å². The summed E-state index contributed by atoms with van der Waals surface area (Å²) in [4.78, 5) is 8.16. The highest BCUT2D eigenvalue weighted by Gasteiger charge is 2.13. The number of benzene rings is 1. The van der Waals surface area contributed by atoms with E-state index in [4.69, 9.17) is 0 Å². The summed E-state index contributed by atoms with van der Waals surface area (Å²) in [6, 6.07) is 6.36. The van der Waals surface area contributed by atoms with Crippen LogP contribution in [-0.4, -0.2) is 19.6 Å². The molecule has 0 saturated heterocycles. The minimum absolute atomic E-state index is 0.0556. The van der Waals surface area contributed by atoms with Gasteiger partial charge in [-0.05, 0) is 18.2 Å². The van der Waals surface area contributed by atoms with Crippen LogP contribution in [0.1, 0.15) is 0 Å². The third-order valence-corrected chi connectivity index (χ3v) is 2.84. The van der Waals surface area contributed by atoms with Crippen molar-refractivity contribution in [3.05, 3.63) is 42.5 Å². The van der Waals surface area contributed by atoms with E-state index in [1.165, 1.54) is 12.3 Å². The Bertz CT molecular complexity index is 736. The summed E-state index contributed by atoms with van der Waals surface area (Å²) in [6.45, 7) is 0. The topological polar surface area (TPSA) is 50.9 Å². The van der Waals surface area contributed by atoms with Crippen molar-refractivity contribution >= 4 is 11.0 Å². The van der Waals surface area contributed by atoms with Gasteiger partial charge in [-0.2, -0.15) is 0 Å². The molecule has 0 aliphatic carbocycles. The summed E-state index contributed by atoms with van der Waals surface area (Å²) < 4.78 is 15.4. The van der Waals surface area contributed by atoms with E-state index >= 15 is 0 Å². The van der Waals surface area contributed by atoms with Crippen LogP contribution in [0.2, 0.25) is 0 Å². The Labute approximate surface area is 102 Å². The van der Waals surface area contributed by atoms with E-state index in [2.05, 4.69) is 9.97 Å². The molecule has 0 unspecified atom stereocenters. The molecule has 0 bridgehead atoms. The molecule has 90 valence electrons. The molecule has 3 aromatic rings. The molecule has 4 nitrogen and oxygen atoms in total. The standard InChI is InChI=1S/C13H10FN3O/c1-17-11-4-2-3-10(14)12(11)16-13(17)8-5-9(18)7-15-6-8/h2-7,18H,1H3. The predicted octanol–water partition coefficient (Wildman–Crippen LogP) is 2.48. The lowest BCUT2D eigenvalue weighted by Crippen LogP contribution is -1.92. The monoisotopic (exact) mass is 243 g/mol. The fraction of sp³-hybridized carbons (Fsp3) is 0.0769. The van der Waals surface area contributed by atoms with Gasteiger partial charge in [-0.25, -0.2) is 9.37 Å². The second-order valence-electron chi connectivity index (χ2n) is 4.03. The maximum Gasteiger partial charge on any atom is 0.151 e. The number of hydrogen-bond acceptors (Lipinski definition) is 3. The van der Waals surface area contributed by atoms with E-state index in [0.717, 1.165) is 0 Å². The molecule has 0 saturated carbocycles. The number of pyridine rings is 1. The first-order valence-corrected chi connectivity index (χ1v) is 5.42. The zero-order valence-electron chi connectivity index (χ0n) is 9.63. The summed E-state index contributed by atoms with van der Waals surface area (Å²) in [5.41, 5.74) is 1.67. The van der Waals surface area contributed by atoms with Crippen LogP contribution in [0.15, 0.2) is 36.7 Å². The van der Waals surface area contributed by atoms with Gasteiger partial charge < -0.3 is 9.67 Å². The lowest BCUT2D eigenvalue weighted by Gasteiger charge is -2.02. The van der Waals surface area contributed by atoms with Crippen molar-refractivity contribution in [3.8, 4) is 17.1 Å². The number of aromatic nitrogens is 3. The molecule has 1 N–H and O–H groups in total. The number of aromatic hydroxyl groups is 1. The Hall–Kier alpha value is -2.43. The molecule has 0 aliphatic heterocycles. The maximum atomic E-state index is 13.6. The highest BCUT2D eigenvalue weighted by atomic mass is 19.1. The van der Waals surface area contributed by atoms with Gasteiger partial charge in [0.1, 0.15) is 17.1 Å². The van der Waals surface area contributed by atoms with Gasteiger partial charge in [0.05, 0.1) is 11.7 Å². The van der Waals surface area contributed by atoms with E-state index in [-0.39, 0.29) is 11.6 Å². The molecule has 0 atom stereocenters. The van der Waals surface area contributed by atoms with Crippen LogP contribution in [-0.2, 0) is 7.05 Å². The van der Waals surface area contributed by atoms with E-state index in [1.54, 1.807) is 36.0 Å². The molecule has 0 radical (unpaired) electrons. The fourth-order valence-corrected chi connectivity index (χ4v) is 1.99. The average molecular weight is 243 g/mol. The van der Waals surface area contributed by atoms with Gasteiger partial charge in [0, 0.05) is 18.8 Å². The van der Waals surface area contributed by atoms with Crippen molar-refractivity contribution in [1.29, 1.82) is 0 Å². The van der Waals surface area contributed by atoms with Crippen LogP contribution in [0.3, 0.4) is 0 Å². The molecular formula is C13H10FN3O. The van der Waals surface area contributed by atoms with Gasteiger partial charge >= 0.3 is 0 Å². The Kier molecular flexibility index (Phi) is 2.26. The van der Waals surface area contributed by atoms with Crippen molar-refractivity contribution in [1.82, 2.24) is 14.5 Å². The van der Waals surface area contributed by atoms with Gasteiger partial charge in [-0.3, -0.25) is 4.98 Å². The Morgan fingerprint density at radius 1 is 1.28 bits per heavy atom. The number of fused-ring (bicyclic) bond motifs is 1. The van der Waals surface area contributed by atoms with Crippen molar-refractivity contribution in [2.24, 2.45) is 7.05 Å². The minimum atomic E-state index is -0.359. The predicted molar refractivity (Wildman–Crippen MR) is 65.6 cm³/mol. The van der Waals surface area contributed by atoms with Gasteiger partial charge in [0.2, 0.25) is 0 Å². The number of nitrogens with zero attached hydrogens (tertiary/aromatic N) is 3. The number of hydrogen-bond donors (Lipinski definition) is 1. The highest BCUT2D eigenvalue weighted by Crippen LogP contribution is 2.26. The molecule has 3 rings (SSSR count). The lowest BCUT2D eigenvalue weighted by molar-refractivity contribution is 0.473. The van der Waals surface area contributed by atoms with Crippen molar-refractivity contribution in [3.63, 3.8) is 0 Å². The molecule has 2 aromatic heterocycles. The van der Waals surface area contributed by atoms with E-state index in [1.807, 2.05) is 0 Å². The first-order valence-electron chi connectivity index (χ1n) is 5.42. The molecule has 2 heterocycles. The summed E-state index contributed by atoms with van der Waals surface area (Å²) in [5, 5.41) is 9.42. The molecule has 0 fully saturated rings. The average Bonchev–Trinajstić information content (AvgIpc) is 2.69. The lowest BCUT2D eigenvalue weighted by atomic mass is 10.2. The molecular weight excluding hydrogens is 233 g/mol. The first kappa shape index (κ1) is 10.7. The van der Waals surface area contributed by atoms with E-state index in [9.17, 15) is 9.50 Å². The summed E-state index contributed by atoms with van der Waals surface area (Å²) in [5.74, 6) is 0.265. The van der Waals surface area contributed by atoms with Gasteiger partial charge in [0.25, 0.3) is 0 Å². The Balaban J connectivity index is 2.30. The molecule has 5 heteroatoms. The first-order chi connectivity index (χ1) is 8.66. The van der Waals surface area contributed by atoms with Crippen LogP contribution in [0.5, 0.6) is 5.75 Å². The highest BCUT2D eigenvalue weighted by molar-refractivity contribution is 5.81. The zero-order valence-corrected chi connectivity index (χ0v) is 9.63. The van der Waals surface area contributed by atoms with E-state index in [0.29, 0.717) is 22.4 Å². The second-order valence-corrected chi connectivity index (χ2v) is 4.03. The number of para-hydroxylation sites is 1. The van der Waals surface area contributed by atoms with Crippen LogP contribution in [0, 0.1) is 5.82 Å². The second kappa shape index (κ2) is 3.80. The van der Waals surface area contributed by atoms with Crippen LogP contribution in [0.25, 0.3) is 22.4 Å². The fourth-order valence-electron chi connectivity index (χ4n) is 1.99. The van der Waals surface area contributed by atoms with Crippen LogP contribution < -0.4 is 0 Å². The van der Waals surface area contributed by atoms with Gasteiger partial charge in [-0.15, -0.1) is 0 Å².